The molecule has 10 nitrogen and oxygen atoms in total. The summed E-state index contributed by atoms with van der Waals surface area (Å²) in [6.07, 6.45) is -0.296. The molecule has 1 fully saturated rings. The normalized spacial score (nSPS) is 15.0. The van der Waals surface area contributed by atoms with Gasteiger partial charge in [-0.25, -0.2) is 9.59 Å². The molecule has 0 radical (unpaired) electrons. The fraction of sp³-hybridized carbons (Fsp3) is 0.320. The molecular formula is C25H26N2O8. The Kier molecular flexibility index (Phi) is 8.19. The van der Waals surface area contributed by atoms with Crippen molar-refractivity contribution in [1.82, 2.24) is 0 Å². The van der Waals surface area contributed by atoms with Crippen LogP contribution in [-0.4, -0.2) is 56.1 Å². The van der Waals surface area contributed by atoms with Gasteiger partial charge in [-0.05, 0) is 62.4 Å². The van der Waals surface area contributed by atoms with E-state index in [0.29, 0.717) is 22.5 Å². The Morgan fingerprint density at radius 1 is 0.971 bits per heavy atom. The van der Waals surface area contributed by atoms with Gasteiger partial charge < -0.3 is 24.4 Å². The van der Waals surface area contributed by atoms with Gasteiger partial charge in [0.2, 0.25) is 5.91 Å². The van der Waals surface area contributed by atoms with Crippen LogP contribution in [0.4, 0.5) is 11.4 Å². The van der Waals surface area contributed by atoms with Gasteiger partial charge in [0.15, 0.2) is 6.61 Å². The number of nitrogens with one attached hydrogen (secondary N) is 1. The smallest absolute Gasteiger partial charge is 0.338 e. The number of ether oxygens (including phenoxy) is 3. The highest BCUT2D eigenvalue weighted by Crippen LogP contribution is 2.26. The van der Waals surface area contributed by atoms with Crippen LogP contribution in [0.2, 0.25) is 0 Å². The lowest BCUT2D eigenvalue weighted by atomic mass is 10.1. The van der Waals surface area contributed by atoms with Crippen molar-refractivity contribution in [2.75, 3.05) is 30.5 Å². The number of nitrogens with zero attached hydrogens (tertiary/aromatic N) is 1. The van der Waals surface area contributed by atoms with Crippen LogP contribution in [0.15, 0.2) is 48.5 Å². The van der Waals surface area contributed by atoms with Crippen molar-refractivity contribution in [3.05, 3.63) is 59.7 Å². The van der Waals surface area contributed by atoms with Crippen molar-refractivity contribution < 1.29 is 38.2 Å². The molecule has 35 heavy (non-hydrogen) atoms. The van der Waals surface area contributed by atoms with E-state index in [9.17, 15) is 24.0 Å². The van der Waals surface area contributed by atoms with Gasteiger partial charge in [-0.3, -0.25) is 14.4 Å². The van der Waals surface area contributed by atoms with E-state index < -0.39 is 36.3 Å². The lowest BCUT2D eigenvalue weighted by Crippen LogP contribution is -2.28. The van der Waals surface area contributed by atoms with Crippen molar-refractivity contribution in [2.24, 2.45) is 5.92 Å². The van der Waals surface area contributed by atoms with E-state index in [-0.39, 0.29) is 25.0 Å². The van der Waals surface area contributed by atoms with E-state index in [0.717, 1.165) is 0 Å². The topological polar surface area (TPSA) is 128 Å². The Morgan fingerprint density at radius 3 is 2.17 bits per heavy atom. The minimum Gasteiger partial charge on any atom is -0.465 e. The summed E-state index contributed by atoms with van der Waals surface area (Å²) in [5.74, 6) is -3.16. The van der Waals surface area contributed by atoms with E-state index >= 15 is 0 Å². The number of esters is 3. The van der Waals surface area contributed by atoms with Crippen molar-refractivity contribution in [2.45, 2.75) is 26.4 Å². The number of carbonyl (C=O) groups is 5. The van der Waals surface area contributed by atoms with E-state index in [1.54, 1.807) is 38.1 Å². The summed E-state index contributed by atoms with van der Waals surface area (Å²) < 4.78 is 14.8. The van der Waals surface area contributed by atoms with Gasteiger partial charge in [0.1, 0.15) is 0 Å². The molecule has 0 unspecified atom stereocenters. The van der Waals surface area contributed by atoms with Crippen LogP contribution in [0.25, 0.3) is 0 Å². The molecule has 0 aliphatic carbocycles. The number of hydrogen-bond donors (Lipinski definition) is 1. The molecule has 1 aliphatic heterocycles. The van der Waals surface area contributed by atoms with Gasteiger partial charge in [-0.15, -0.1) is 0 Å². The molecule has 184 valence electrons. The maximum absolute atomic E-state index is 12.4. The van der Waals surface area contributed by atoms with Crippen LogP contribution in [0.3, 0.4) is 0 Å². The number of anilines is 2. The fourth-order valence-corrected chi connectivity index (χ4v) is 3.43. The maximum Gasteiger partial charge on any atom is 0.338 e. The second-order valence-electron chi connectivity index (χ2n) is 8.13. The number of rotatable bonds is 8. The number of amides is 2. The van der Waals surface area contributed by atoms with Crippen LogP contribution in [0.5, 0.6) is 0 Å². The first-order chi connectivity index (χ1) is 16.7. The minimum atomic E-state index is -0.722. The Hall–Kier alpha value is -4.21. The van der Waals surface area contributed by atoms with Gasteiger partial charge in [0, 0.05) is 24.3 Å². The molecule has 0 saturated carbocycles. The van der Waals surface area contributed by atoms with Gasteiger partial charge in [-0.2, -0.15) is 0 Å². The standard InChI is InChI=1S/C25H26N2O8/c1-15(2)35-25(32)17-6-10-20(11-7-17)27-13-18(12-22(27)29)24(31)34-14-21(28)26-19-8-4-16(5-9-19)23(30)33-3/h4-11,15,18H,12-14H2,1-3H3,(H,26,28)/t18-/m0/s1. The molecule has 3 rings (SSSR count). The molecule has 1 N–H and O–H groups in total. The van der Waals surface area contributed by atoms with Gasteiger partial charge >= 0.3 is 17.9 Å². The summed E-state index contributed by atoms with van der Waals surface area (Å²) in [6, 6.07) is 12.4. The first kappa shape index (κ1) is 25.4. The fourth-order valence-electron chi connectivity index (χ4n) is 3.43. The van der Waals surface area contributed by atoms with E-state index in [1.807, 2.05) is 0 Å². The predicted molar refractivity (Wildman–Crippen MR) is 125 cm³/mol. The Balaban J connectivity index is 1.50. The van der Waals surface area contributed by atoms with Gasteiger partial charge in [0.05, 0.1) is 30.3 Å². The molecule has 1 atom stereocenters. The molecule has 1 heterocycles. The van der Waals surface area contributed by atoms with Crippen LogP contribution in [0, 0.1) is 5.92 Å². The lowest BCUT2D eigenvalue weighted by Gasteiger charge is -2.17. The van der Waals surface area contributed by atoms with Crippen molar-refractivity contribution in [3.63, 3.8) is 0 Å². The molecular weight excluding hydrogens is 456 g/mol. The Labute approximate surface area is 202 Å². The van der Waals surface area contributed by atoms with E-state index in [2.05, 4.69) is 10.1 Å². The largest absolute Gasteiger partial charge is 0.465 e. The lowest BCUT2D eigenvalue weighted by molar-refractivity contribution is -0.151. The van der Waals surface area contributed by atoms with E-state index in [1.165, 1.54) is 36.3 Å². The van der Waals surface area contributed by atoms with Crippen molar-refractivity contribution in [1.29, 1.82) is 0 Å². The summed E-state index contributed by atoms with van der Waals surface area (Å²) >= 11 is 0. The highest BCUT2D eigenvalue weighted by atomic mass is 16.5. The predicted octanol–water partition coefficient (Wildman–Crippen LogP) is 2.57. The Morgan fingerprint density at radius 2 is 1.57 bits per heavy atom. The highest BCUT2D eigenvalue weighted by molar-refractivity contribution is 6.00. The molecule has 0 bridgehead atoms. The third-order valence-corrected chi connectivity index (χ3v) is 5.15. The minimum absolute atomic E-state index is 0.0490. The first-order valence-corrected chi connectivity index (χ1v) is 10.9. The number of methoxy groups -OCH3 is 1. The average molecular weight is 482 g/mol. The first-order valence-electron chi connectivity index (χ1n) is 10.9. The third-order valence-electron chi connectivity index (χ3n) is 5.15. The Bertz CT molecular complexity index is 1110. The zero-order valence-electron chi connectivity index (χ0n) is 19.6. The summed E-state index contributed by atoms with van der Waals surface area (Å²) in [4.78, 5) is 61.9. The van der Waals surface area contributed by atoms with Crippen molar-refractivity contribution >= 4 is 41.1 Å². The molecule has 0 spiro atoms. The highest BCUT2D eigenvalue weighted by Gasteiger charge is 2.36. The molecule has 2 amide bonds. The quantitative estimate of drug-likeness (QED) is 0.449. The molecule has 2 aromatic rings. The van der Waals surface area contributed by atoms with Gasteiger partial charge in [0.25, 0.3) is 5.91 Å². The zero-order valence-corrected chi connectivity index (χ0v) is 19.6. The summed E-state index contributed by atoms with van der Waals surface area (Å²) in [6.45, 7) is 3.09. The van der Waals surface area contributed by atoms with Gasteiger partial charge in [-0.1, -0.05) is 0 Å². The molecule has 1 aliphatic rings. The third kappa shape index (κ3) is 6.66. The summed E-state index contributed by atoms with van der Waals surface area (Å²) in [7, 11) is 1.27. The summed E-state index contributed by atoms with van der Waals surface area (Å²) in [5.41, 5.74) is 1.65. The van der Waals surface area contributed by atoms with Crippen LogP contribution >= 0.6 is 0 Å². The average Bonchev–Trinajstić information content (AvgIpc) is 3.23. The molecule has 2 aromatic carbocycles. The number of carbonyl (C=O) groups excluding carboxylic acids is 5. The second kappa shape index (κ2) is 11.3. The number of hydrogen-bond acceptors (Lipinski definition) is 8. The monoisotopic (exact) mass is 482 g/mol. The van der Waals surface area contributed by atoms with Crippen molar-refractivity contribution in [3.8, 4) is 0 Å². The van der Waals surface area contributed by atoms with Crippen LogP contribution in [-0.2, 0) is 28.6 Å². The maximum atomic E-state index is 12.4. The van der Waals surface area contributed by atoms with Crippen LogP contribution in [0.1, 0.15) is 41.0 Å². The zero-order chi connectivity index (χ0) is 25.5. The van der Waals surface area contributed by atoms with Crippen LogP contribution < -0.4 is 10.2 Å². The second-order valence-corrected chi connectivity index (χ2v) is 8.13. The number of benzene rings is 2. The SMILES string of the molecule is COC(=O)c1ccc(NC(=O)COC(=O)[C@H]2CC(=O)N(c3ccc(C(=O)OC(C)C)cc3)C2)cc1. The molecule has 1 saturated heterocycles. The summed E-state index contributed by atoms with van der Waals surface area (Å²) in [5, 5.41) is 2.56. The molecule has 10 heteroatoms. The van der Waals surface area contributed by atoms with E-state index in [4.69, 9.17) is 9.47 Å². The molecule has 0 aromatic heterocycles.